The number of carbonyl (C=O) groups is 1. The number of ether oxygens (including phenoxy) is 2. The predicted molar refractivity (Wildman–Crippen MR) is 89.5 cm³/mol. The molecule has 1 aliphatic heterocycles. The van der Waals surface area contributed by atoms with Gasteiger partial charge in [-0.25, -0.2) is 0 Å². The van der Waals surface area contributed by atoms with E-state index in [-0.39, 0.29) is 69.2 Å². The van der Waals surface area contributed by atoms with Crippen LogP contribution >= 0.6 is 23.2 Å². The van der Waals surface area contributed by atoms with Gasteiger partial charge in [0.25, 0.3) is 0 Å². The van der Waals surface area contributed by atoms with E-state index in [1.807, 2.05) is 13.8 Å². The monoisotopic (exact) mass is 434 g/mol. The Bertz CT molecular complexity index is 734. The number of carboxylic acid groups (broad SMARTS) is 1. The summed E-state index contributed by atoms with van der Waals surface area (Å²) in [6.07, 6.45) is -5.15. The summed E-state index contributed by atoms with van der Waals surface area (Å²) in [4.78, 5) is 11.1. The average molecular weight is 435 g/mol. The number of alkyl halides is 3. The van der Waals surface area contributed by atoms with Crippen molar-refractivity contribution >= 4 is 35.2 Å². The predicted octanol–water partition coefficient (Wildman–Crippen LogP) is 1.27. The van der Waals surface area contributed by atoms with Gasteiger partial charge in [0, 0.05) is 11.1 Å². The molecule has 0 spiro atoms. The molecule has 1 unspecified atom stereocenters. The van der Waals surface area contributed by atoms with E-state index >= 15 is 0 Å². The number of benzene rings is 1. The SMILES string of the molecule is CCC(CC)COc1c(Cl)cc2c(c1Cl)OC(C(F)(F)F)C(C(=O)[O-])=C2.[Na+]. The van der Waals surface area contributed by atoms with Gasteiger partial charge in [0.1, 0.15) is 10.8 Å². The Kier molecular flexibility index (Phi) is 8.82. The molecule has 0 amide bonds. The van der Waals surface area contributed by atoms with E-state index in [1.54, 1.807) is 0 Å². The minimum Gasteiger partial charge on any atom is -0.545 e. The van der Waals surface area contributed by atoms with E-state index < -0.39 is 23.8 Å². The van der Waals surface area contributed by atoms with E-state index in [2.05, 4.69) is 0 Å². The number of carboxylic acids is 1. The summed E-state index contributed by atoms with van der Waals surface area (Å²) in [6, 6.07) is 1.25. The molecule has 2 rings (SSSR count). The Hall–Kier alpha value is -0.600. The normalized spacial score (nSPS) is 16.1. The first kappa shape index (κ1) is 24.4. The van der Waals surface area contributed by atoms with Crippen LogP contribution in [0, 0.1) is 5.92 Å². The molecule has 144 valence electrons. The molecule has 0 N–H and O–H groups in total. The molecule has 1 aromatic carbocycles. The van der Waals surface area contributed by atoms with Gasteiger partial charge in [0.2, 0.25) is 6.10 Å². The number of fused-ring (bicyclic) bond motifs is 1. The van der Waals surface area contributed by atoms with Gasteiger partial charge in [0.15, 0.2) is 5.75 Å². The van der Waals surface area contributed by atoms with Gasteiger partial charge < -0.3 is 19.4 Å². The average Bonchev–Trinajstić information content (AvgIpc) is 2.56. The Morgan fingerprint density at radius 2 is 1.93 bits per heavy atom. The van der Waals surface area contributed by atoms with Gasteiger partial charge in [-0.05, 0) is 18.1 Å². The van der Waals surface area contributed by atoms with Gasteiger partial charge in [0.05, 0.1) is 17.6 Å². The molecule has 0 saturated carbocycles. The fourth-order valence-corrected chi connectivity index (χ4v) is 3.15. The third-order valence-corrected chi connectivity index (χ3v) is 4.76. The second kappa shape index (κ2) is 9.74. The number of halogens is 5. The minimum absolute atomic E-state index is 0. The molecule has 27 heavy (non-hydrogen) atoms. The number of hydrogen-bond acceptors (Lipinski definition) is 4. The number of hydrogen-bond donors (Lipinski definition) is 0. The van der Waals surface area contributed by atoms with Gasteiger partial charge in [-0.15, -0.1) is 0 Å². The minimum atomic E-state index is -4.96. The summed E-state index contributed by atoms with van der Waals surface area (Å²) in [6.45, 7) is 4.25. The molecule has 0 saturated heterocycles. The Morgan fingerprint density at radius 3 is 2.41 bits per heavy atom. The third-order valence-electron chi connectivity index (χ3n) is 4.14. The van der Waals surface area contributed by atoms with Crippen molar-refractivity contribution in [2.24, 2.45) is 5.92 Å². The Morgan fingerprint density at radius 1 is 1.33 bits per heavy atom. The first-order valence-corrected chi connectivity index (χ1v) is 8.66. The van der Waals surface area contributed by atoms with Gasteiger partial charge in [-0.2, -0.15) is 13.2 Å². The molecule has 0 bridgehead atoms. The van der Waals surface area contributed by atoms with Crippen LogP contribution in [0.1, 0.15) is 32.3 Å². The Balaban J connectivity index is 0.00000364. The maximum Gasteiger partial charge on any atom is 1.00 e. The molecule has 1 aromatic rings. The zero-order chi connectivity index (χ0) is 19.6. The van der Waals surface area contributed by atoms with Crippen molar-refractivity contribution in [2.75, 3.05) is 6.61 Å². The van der Waals surface area contributed by atoms with Crippen LogP contribution < -0.4 is 44.1 Å². The summed E-state index contributed by atoms with van der Waals surface area (Å²) in [5.74, 6) is -2.08. The molecular weight excluding hydrogens is 419 g/mol. The summed E-state index contributed by atoms with van der Waals surface area (Å²) in [7, 11) is 0. The first-order chi connectivity index (χ1) is 12.1. The van der Waals surface area contributed by atoms with Crippen LogP contribution in [0.3, 0.4) is 0 Å². The van der Waals surface area contributed by atoms with Crippen molar-refractivity contribution in [1.82, 2.24) is 0 Å². The van der Waals surface area contributed by atoms with E-state index in [1.165, 1.54) is 6.07 Å². The molecule has 0 aromatic heterocycles. The first-order valence-electron chi connectivity index (χ1n) is 7.91. The number of carbonyl (C=O) groups excluding carboxylic acids is 1. The van der Waals surface area contributed by atoms with Crippen molar-refractivity contribution in [3.05, 3.63) is 27.2 Å². The molecule has 4 nitrogen and oxygen atoms in total. The smallest absolute Gasteiger partial charge is 0.545 e. The van der Waals surface area contributed by atoms with Crippen LogP contribution in [-0.4, -0.2) is 24.9 Å². The van der Waals surface area contributed by atoms with Gasteiger partial charge in [-0.3, -0.25) is 0 Å². The summed E-state index contributed by atoms with van der Waals surface area (Å²) in [5.41, 5.74) is -1.04. The van der Waals surface area contributed by atoms with E-state index in [0.717, 1.165) is 18.9 Å². The third kappa shape index (κ3) is 5.48. The number of rotatable bonds is 6. The fraction of sp³-hybridized carbons (Fsp3) is 0.471. The van der Waals surface area contributed by atoms with Crippen molar-refractivity contribution in [3.63, 3.8) is 0 Å². The molecule has 0 radical (unpaired) electrons. The molecule has 10 heteroatoms. The van der Waals surface area contributed by atoms with Crippen LogP contribution in [-0.2, 0) is 4.79 Å². The van der Waals surface area contributed by atoms with Gasteiger partial charge >= 0.3 is 35.7 Å². The molecular formula is C17H16Cl2F3NaO4. The topological polar surface area (TPSA) is 58.6 Å². The fourth-order valence-electron chi connectivity index (χ4n) is 2.52. The maximum atomic E-state index is 13.1. The second-order valence-corrected chi connectivity index (χ2v) is 6.63. The van der Waals surface area contributed by atoms with Crippen LogP contribution in [0.2, 0.25) is 10.0 Å². The quantitative estimate of drug-likeness (QED) is 0.632. The van der Waals surface area contributed by atoms with Crippen molar-refractivity contribution in [3.8, 4) is 11.5 Å². The maximum absolute atomic E-state index is 13.1. The van der Waals surface area contributed by atoms with Crippen LogP contribution in [0.15, 0.2) is 11.6 Å². The number of aliphatic carboxylic acids is 1. The van der Waals surface area contributed by atoms with Crippen LogP contribution in [0.25, 0.3) is 6.08 Å². The van der Waals surface area contributed by atoms with E-state index in [4.69, 9.17) is 32.7 Å². The van der Waals surface area contributed by atoms with Crippen LogP contribution in [0.5, 0.6) is 11.5 Å². The molecule has 1 heterocycles. The van der Waals surface area contributed by atoms with E-state index in [0.29, 0.717) is 0 Å². The zero-order valence-corrected chi connectivity index (χ0v) is 18.5. The standard InChI is InChI=1S/C17H17Cl2F3O4.Na/c1-3-8(4-2)7-25-14-11(18)6-9-5-10(16(23)24)15(17(20,21)22)26-13(9)12(14)19;/h5-6,8,15H,3-4,7H2,1-2H3,(H,23,24);/q;+1/p-1. The summed E-state index contributed by atoms with van der Waals surface area (Å²) in [5, 5.41) is 10.9. The van der Waals surface area contributed by atoms with Crippen LogP contribution in [0.4, 0.5) is 13.2 Å². The van der Waals surface area contributed by atoms with Crippen molar-refractivity contribution in [2.45, 2.75) is 39.0 Å². The van der Waals surface area contributed by atoms with Crippen molar-refractivity contribution < 1.29 is 62.1 Å². The molecule has 1 atom stereocenters. The molecule has 1 aliphatic rings. The van der Waals surface area contributed by atoms with E-state index in [9.17, 15) is 23.1 Å². The Labute approximate surface area is 186 Å². The van der Waals surface area contributed by atoms with Gasteiger partial charge in [-0.1, -0.05) is 49.9 Å². The zero-order valence-electron chi connectivity index (χ0n) is 15.0. The second-order valence-electron chi connectivity index (χ2n) is 5.84. The summed E-state index contributed by atoms with van der Waals surface area (Å²) >= 11 is 12.3. The largest absolute Gasteiger partial charge is 1.00 e. The van der Waals surface area contributed by atoms with Crippen molar-refractivity contribution in [1.29, 1.82) is 0 Å². The molecule has 0 aliphatic carbocycles. The molecule has 0 fully saturated rings. The summed E-state index contributed by atoms with van der Waals surface area (Å²) < 4.78 is 49.9.